The number of imide groups is 1. The Labute approximate surface area is 121 Å². The first kappa shape index (κ1) is 13.5. The van der Waals surface area contributed by atoms with E-state index >= 15 is 0 Å². The second-order valence-electron chi connectivity index (χ2n) is 5.27. The summed E-state index contributed by atoms with van der Waals surface area (Å²) in [5.41, 5.74) is 2.14. The zero-order chi connectivity index (χ0) is 15.0. The van der Waals surface area contributed by atoms with Gasteiger partial charge in [-0.05, 0) is 23.6 Å². The lowest BCUT2D eigenvalue weighted by molar-refractivity contribution is -0.134. The van der Waals surface area contributed by atoms with Crippen molar-refractivity contribution in [2.45, 2.75) is 25.3 Å². The van der Waals surface area contributed by atoms with Gasteiger partial charge in [0, 0.05) is 18.5 Å². The Kier molecular flexibility index (Phi) is 3.29. The number of carbonyl (C=O) groups is 4. The number of nitrogens with zero attached hydrogens (tertiary/aromatic N) is 1. The number of nitrogens with one attached hydrogen (secondary N) is 1. The van der Waals surface area contributed by atoms with E-state index in [1.807, 2.05) is 12.1 Å². The van der Waals surface area contributed by atoms with Crippen LogP contribution in [0.15, 0.2) is 18.2 Å². The zero-order valence-electron chi connectivity index (χ0n) is 11.3. The SMILES string of the molecule is O=CCN1Cc2ccc(C3CCC(=O)NC3=O)cc2C1=O. The molecule has 1 aromatic carbocycles. The third-order valence-corrected chi connectivity index (χ3v) is 3.95. The average molecular weight is 286 g/mol. The van der Waals surface area contributed by atoms with Crippen LogP contribution < -0.4 is 5.32 Å². The van der Waals surface area contributed by atoms with Crippen molar-refractivity contribution in [1.82, 2.24) is 10.2 Å². The minimum absolute atomic E-state index is 0.0707. The van der Waals surface area contributed by atoms with Gasteiger partial charge in [-0.25, -0.2) is 0 Å². The van der Waals surface area contributed by atoms with Gasteiger partial charge in [0.05, 0.1) is 12.5 Å². The van der Waals surface area contributed by atoms with E-state index in [4.69, 9.17) is 0 Å². The maximum Gasteiger partial charge on any atom is 0.254 e. The molecule has 0 spiro atoms. The highest BCUT2D eigenvalue weighted by Crippen LogP contribution is 2.30. The number of carbonyl (C=O) groups excluding carboxylic acids is 4. The molecule has 1 unspecified atom stereocenters. The van der Waals surface area contributed by atoms with Gasteiger partial charge in [0.15, 0.2) is 0 Å². The fourth-order valence-corrected chi connectivity index (χ4v) is 2.84. The smallest absolute Gasteiger partial charge is 0.254 e. The molecule has 2 aliphatic heterocycles. The number of piperidine rings is 1. The number of fused-ring (bicyclic) bond motifs is 1. The minimum atomic E-state index is -0.402. The highest BCUT2D eigenvalue weighted by Gasteiger charge is 2.31. The van der Waals surface area contributed by atoms with E-state index in [-0.39, 0.29) is 24.3 Å². The largest absolute Gasteiger partial charge is 0.327 e. The summed E-state index contributed by atoms with van der Waals surface area (Å²) in [5.74, 6) is -1.17. The molecule has 0 aliphatic carbocycles. The summed E-state index contributed by atoms with van der Waals surface area (Å²) in [4.78, 5) is 47.3. The lowest BCUT2D eigenvalue weighted by atomic mass is 9.89. The van der Waals surface area contributed by atoms with E-state index in [2.05, 4.69) is 5.32 Å². The van der Waals surface area contributed by atoms with Gasteiger partial charge in [0.2, 0.25) is 11.8 Å². The minimum Gasteiger partial charge on any atom is -0.327 e. The van der Waals surface area contributed by atoms with Crippen LogP contribution in [-0.4, -0.2) is 35.5 Å². The molecule has 1 atom stereocenters. The molecule has 1 N–H and O–H groups in total. The first-order valence-corrected chi connectivity index (χ1v) is 6.79. The van der Waals surface area contributed by atoms with Crippen molar-refractivity contribution in [2.75, 3.05) is 6.54 Å². The van der Waals surface area contributed by atoms with E-state index in [0.717, 1.165) is 11.1 Å². The molecule has 2 aliphatic rings. The quantitative estimate of drug-likeness (QED) is 0.642. The Bertz CT molecular complexity index is 653. The van der Waals surface area contributed by atoms with Gasteiger partial charge >= 0.3 is 0 Å². The molecular weight excluding hydrogens is 272 g/mol. The maximum atomic E-state index is 12.2. The van der Waals surface area contributed by atoms with Gasteiger partial charge < -0.3 is 9.69 Å². The van der Waals surface area contributed by atoms with Crippen LogP contribution in [0.4, 0.5) is 0 Å². The Balaban J connectivity index is 1.88. The van der Waals surface area contributed by atoms with Crippen molar-refractivity contribution in [3.05, 3.63) is 34.9 Å². The number of benzene rings is 1. The highest BCUT2D eigenvalue weighted by molar-refractivity contribution is 6.02. The average Bonchev–Trinajstić information content (AvgIpc) is 2.76. The molecule has 3 amide bonds. The van der Waals surface area contributed by atoms with Crippen LogP contribution in [0.25, 0.3) is 0 Å². The molecule has 2 heterocycles. The molecule has 6 heteroatoms. The predicted molar refractivity (Wildman–Crippen MR) is 72.4 cm³/mol. The molecule has 1 aromatic rings. The maximum absolute atomic E-state index is 12.2. The van der Waals surface area contributed by atoms with Crippen molar-refractivity contribution in [2.24, 2.45) is 0 Å². The van der Waals surface area contributed by atoms with E-state index in [0.29, 0.717) is 31.2 Å². The number of amides is 3. The highest BCUT2D eigenvalue weighted by atomic mass is 16.2. The van der Waals surface area contributed by atoms with E-state index in [1.54, 1.807) is 6.07 Å². The van der Waals surface area contributed by atoms with Crippen molar-refractivity contribution < 1.29 is 19.2 Å². The standard InChI is InChI=1S/C15H14N2O4/c18-6-5-17-8-10-2-1-9(7-12(10)15(17)21)11-3-4-13(19)16-14(11)20/h1-2,6-7,11H,3-5,8H2,(H,16,19,20). The molecule has 0 bridgehead atoms. The van der Waals surface area contributed by atoms with Gasteiger partial charge in [0.1, 0.15) is 6.29 Å². The van der Waals surface area contributed by atoms with Gasteiger partial charge in [-0.3, -0.25) is 19.7 Å². The van der Waals surface area contributed by atoms with Crippen LogP contribution in [0, 0.1) is 0 Å². The van der Waals surface area contributed by atoms with Crippen LogP contribution in [0.2, 0.25) is 0 Å². The first-order chi connectivity index (χ1) is 10.1. The van der Waals surface area contributed by atoms with Gasteiger partial charge in [0.25, 0.3) is 5.91 Å². The number of aldehydes is 1. The Morgan fingerprint density at radius 1 is 1.29 bits per heavy atom. The first-order valence-electron chi connectivity index (χ1n) is 6.79. The Morgan fingerprint density at radius 3 is 2.81 bits per heavy atom. The second-order valence-corrected chi connectivity index (χ2v) is 5.27. The lowest BCUT2D eigenvalue weighted by Gasteiger charge is -2.21. The van der Waals surface area contributed by atoms with Crippen LogP contribution >= 0.6 is 0 Å². The van der Waals surface area contributed by atoms with Crippen molar-refractivity contribution in [1.29, 1.82) is 0 Å². The van der Waals surface area contributed by atoms with Crippen molar-refractivity contribution >= 4 is 24.0 Å². The summed E-state index contributed by atoms with van der Waals surface area (Å²) in [7, 11) is 0. The summed E-state index contributed by atoms with van der Waals surface area (Å²) >= 11 is 0. The normalized spacial score (nSPS) is 21.2. The van der Waals surface area contributed by atoms with Gasteiger partial charge in [-0.15, -0.1) is 0 Å². The summed E-state index contributed by atoms with van der Waals surface area (Å²) < 4.78 is 0. The summed E-state index contributed by atoms with van der Waals surface area (Å²) in [5, 5.41) is 2.32. The Morgan fingerprint density at radius 2 is 2.10 bits per heavy atom. The van der Waals surface area contributed by atoms with E-state index < -0.39 is 5.92 Å². The second kappa shape index (κ2) is 5.12. The van der Waals surface area contributed by atoms with Crippen LogP contribution in [-0.2, 0) is 20.9 Å². The number of hydrogen-bond acceptors (Lipinski definition) is 4. The van der Waals surface area contributed by atoms with Gasteiger partial charge in [-0.2, -0.15) is 0 Å². The van der Waals surface area contributed by atoms with Crippen LogP contribution in [0.5, 0.6) is 0 Å². The molecule has 1 fully saturated rings. The monoisotopic (exact) mass is 286 g/mol. The Hall–Kier alpha value is -2.50. The number of rotatable bonds is 3. The topological polar surface area (TPSA) is 83.6 Å². The molecule has 108 valence electrons. The van der Waals surface area contributed by atoms with Gasteiger partial charge in [-0.1, -0.05) is 12.1 Å². The molecule has 0 aromatic heterocycles. The van der Waals surface area contributed by atoms with Crippen LogP contribution in [0.1, 0.15) is 40.2 Å². The summed E-state index contributed by atoms with van der Waals surface area (Å²) in [6.45, 7) is 0.490. The molecular formula is C15H14N2O4. The molecule has 0 saturated carbocycles. The molecule has 3 rings (SSSR count). The van der Waals surface area contributed by atoms with Crippen LogP contribution in [0.3, 0.4) is 0 Å². The third kappa shape index (κ3) is 2.33. The van der Waals surface area contributed by atoms with Crippen molar-refractivity contribution in [3.8, 4) is 0 Å². The summed E-state index contributed by atoms with van der Waals surface area (Å²) in [6, 6.07) is 5.34. The molecule has 21 heavy (non-hydrogen) atoms. The fourth-order valence-electron chi connectivity index (χ4n) is 2.84. The molecule has 6 nitrogen and oxygen atoms in total. The van der Waals surface area contributed by atoms with E-state index in [1.165, 1.54) is 4.90 Å². The number of hydrogen-bond donors (Lipinski definition) is 1. The zero-order valence-corrected chi connectivity index (χ0v) is 11.3. The molecule has 0 radical (unpaired) electrons. The third-order valence-electron chi connectivity index (χ3n) is 3.95. The lowest BCUT2D eigenvalue weighted by Crippen LogP contribution is -2.39. The fraction of sp³-hybridized carbons (Fsp3) is 0.333. The van der Waals surface area contributed by atoms with E-state index in [9.17, 15) is 19.2 Å². The summed E-state index contributed by atoms with van der Waals surface area (Å²) in [6.07, 6.45) is 1.46. The predicted octanol–water partition coefficient (Wildman–Crippen LogP) is 0.362. The molecule has 1 saturated heterocycles. The van der Waals surface area contributed by atoms with Crippen molar-refractivity contribution in [3.63, 3.8) is 0 Å².